The Bertz CT molecular complexity index is 550. The van der Waals surface area contributed by atoms with E-state index >= 15 is 0 Å². The molecule has 6 nitrogen and oxygen atoms in total. The number of ether oxygens (including phenoxy) is 1. The van der Waals surface area contributed by atoms with Gasteiger partial charge < -0.3 is 9.64 Å². The second kappa shape index (κ2) is 7.87. The molecule has 2 fully saturated rings. The average Bonchev–Trinajstić information content (AvgIpc) is 3.08. The van der Waals surface area contributed by atoms with Crippen LogP contribution < -0.4 is 0 Å². The maximum atomic E-state index is 13.4. The maximum Gasteiger partial charge on any atom is 0.240 e. The van der Waals surface area contributed by atoms with E-state index in [1.165, 1.54) is 0 Å². The molecule has 4 atom stereocenters. The molecule has 0 spiro atoms. The minimum absolute atomic E-state index is 0.0647. The molecular weight excluding hydrogens is 316 g/mol. The fourth-order valence-corrected chi connectivity index (χ4v) is 4.36. The summed E-state index contributed by atoms with van der Waals surface area (Å²) in [4.78, 5) is 17.8. The van der Waals surface area contributed by atoms with E-state index in [9.17, 15) is 4.79 Å². The Morgan fingerprint density at radius 1 is 1.20 bits per heavy atom. The normalized spacial score (nSPS) is 29.8. The van der Waals surface area contributed by atoms with Gasteiger partial charge in [0.2, 0.25) is 5.91 Å². The van der Waals surface area contributed by atoms with E-state index in [0.717, 1.165) is 39.0 Å². The van der Waals surface area contributed by atoms with Crippen molar-refractivity contribution in [3.05, 3.63) is 18.5 Å². The minimum atomic E-state index is -0.0647. The van der Waals surface area contributed by atoms with Gasteiger partial charge >= 0.3 is 0 Å². The van der Waals surface area contributed by atoms with Crippen LogP contribution in [-0.4, -0.2) is 69.9 Å². The highest BCUT2D eigenvalue weighted by Gasteiger charge is 2.37. The van der Waals surface area contributed by atoms with Gasteiger partial charge in [0, 0.05) is 38.6 Å². The molecule has 0 radical (unpaired) electrons. The van der Waals surface area contributed by atoms with Gasteiger partial charge in [0.1, 0.15) is 0 Å². The zero-order valence-corrected chi connectivity index (χ0v) is 16.0. The number of amides is 1. The summed E-state index contributed by atoms with van der Waals surface area (Å²) >= 11 is 0. The second-order valence-corrected chi connectivity index (χ2v) is 7.97. The number of nitrogens with zero attached hydrogens (tertiary/aromatic N) is 4. The molecule has 1 aromatic rings. The van der Waals surface area contributed by atoms with Crippen molar-refractivity contribution in [2.75, 3.05) is 26.2 Å². The smallest absolute Gasteiger partial charge is 0.240 e. The third kappa shape index (κ3) is 4.23. The van der Waals surface area contributed by atoms with Gasteiger partial charge in [0.15, 0.2) is 0 Å². The number of hydrogen-bond acceptors (Lipinski definition) is 4. The van der Waals surface area contributed by atoms with E-state index in [1.54, 1.807) is 0 Å². The molecule has 2 aliphatic heterocycles. The van der Waals surface area contributed by atoms with Gasteiger partial charge in [-0.1, -0.05) is 13.8 Å². The second-order valence-electron chi connectivity index (χ2n) is 7.97. The number of likely N-dealkylation sites (tertiary alicyclic amines) is 1. The van der Waals surface area contributed by atoms with E-state index in [2.05, 4.69) is 42.6 Å². The molecule has 0 saturated carbocycles. The standard InChI is InChI=1S/C19H32N4O2/c1-14(2)18(22-11-15(3)25-16(4)12-22)19(24)21-9-5-7-17(13-21)23-10-6-8-20-23/h6,8,10,14-18H,5,7,9,11-13H2,1-4H3/t15-,16+,17-,18+/m1/s1. The summed E-state index contributed by atoms with van der Waals surface area (Å²) in [6, 6.07) is 2.18. The van der Waals surface area contributed by atoms with Crippen molar-refractivity contribution < 1.29 is 9.53 Å². The number of morpholine rings is 1. The Kier molecular flexibility index (Phi) is 5.79. The summed E-state index contributed by atoms with van der Waals surface area (Å²) in [5, 5.41) is 4.38. The summed E-state index contributed by atoms with van der Waals surface area (Å²) in [5.41, 5.74) is 0. The minimum Gasteiger partial charge on any atom is -0.373 e. The SMILES string of the molecule is CC(C)[C@@H](C(=O)N1CCC[C@@H](n2cccn2)C1)N1C[C@@H](C)O[C@@H](C)C1. The number of carbonyl (C=O) groups is 1. The molecule has 3 rings (SSSR count). The van der Waals surface area contributed by atoms with Gasteiger partial charge in [0.25, 0.3) is 0 Å². The number of piperidine rings is 1. The Morgan fingerprint density at radius 2 is 1.92 bits per heavy atom. The Labute approximate surface area is 151 Å². The zero-order valence-electron chi connectivity index (χ0n) is 16.0. The Morgan fingerprint density at radius 3 is 2.52 bits per heavy atom. The predicted molar refractivity (Wildman–Crippen MR) is 97.3 cm³/mol. The maximum absolute atomic E-state index is 13.4. The van der Waals surface area contributed by atoms with E-state index in [4.69, 9.17) is 4.74 Å². The Balaban J connectivity index is 1.71. The van der Waals surface area contributed by atoms with Gasteiger partial charge in [-0.15, -0.1) is 0 Å². The predicted octanol–water partition coefficient (Wildman–Crippen LogP) is 2.18. The third-order valence-electron chi connectivity index (χ3n) is 5.33. The lowest BCUT2D eigenvalue weighted by molar-refractivity contribution is -0.147. The van der Waals surface area contributed by atoms with Crippen LogP contribution in [0.1, 0.15) is 46.6 Å². The van der Waals surface area contributed by atoms with Crippen molar-refractivity contribution in [2.45, 2.75) is 64.8 Å². The van der Waals surface area contributed by atoms with Crippen molar-refractivity contribution in [1.29, 1.82) is 0 Å². The van der Waals surface area contributed by atoms with Crippen molar-refractivity contribution in [3.63, 3.8) is 0 Å². The van der Waals surface area contributed by atoms with Crippen LogP contribution in [0, 0.1) is 5.92 Å². The first-order valence-corrected chi connectivity index (χ1v) is 9.63. The molecule has 140 valence electrons. The van der Waals surface area contributed by atoms with E-state index < -0.39 is 0 Å². The van der Waals surface area contributed by atoms with Crippen LogP contribution >= 0.6 is 0 Å². The van der Waals surface area contributed by atoms with Crippen LogP contribution in [0.25, 0.3) is 0 Å². The van der Waals surface area contributed by atoms with Gasteiger partial charge in [-0.3, -0.25) is 14.4 Å². The molecule has 3 heterocycles. The fourth-order valence-electron chi connectivity index (χ4n) is 4.36. The molecule has 6 heteroatoms. The molecule has 1 aromatic heterocycles. The topological polar surface area (TPSA) is 50.6 Å². The molecule has 0 unspecified atom stereocenters. The summed E-state index contributed by atoms with van der Waals surface area (Å²) in [6.45, 7) is 11.8. The molecule has 0 N–H and O–H groups in total. The molecule has 0 bridgehead atoms. The first-order valence-electron chi connectivity index (χ1n) is 9.63. The fraction of sp³-hybridized carbons (Fsp3) is 0.789. The van der Waals surface area contributed by atoms with Crippen molar-refractivity contribution in [2.24, 2.45) is 5.92 Å². The van der Waals surface area contributed by atoms with Crippen LogP contribution in [0.15, 0.2) is 18.5 Å². The quantitative estimate of drug-likeness (QED) is 0.837. The van der Waals surface area contributed by atoms with Crippen molar-refractivity contribution in [1.82, 2.24) is 19.6 Å². The van der Waals surface area contributed by atoms with Crippen LogP contribution in [0.3, 0.4) is 0 Å². The van der Waals surface area contributed by atoms with Gasteiger partial charge in [-0.05, 0) is 38.7 Å². The van der Waals surface area contributed by atoms with Gasteiger partial charge in [0.05, 0.1) is 24.3 Å². The number of aromatic nitrogens is 2. The van der Waals surface area contributed by atoms with E-state index in [-0.39, 0.29) is 30.1 Å². The number of carbonyl (C=O) groups excluding carboxylic acids is 1. The summed E-state index contributed by atoms with van der Waals surface area (Å²) in [5.74, 6) is 0.559. The van der Waals surface area contributed by atoms with Crippen molar-refractivity contribution in [3.8, 4) is 0 Å². The number of hydrogen-bond donors (Lipinski definition) is 0. The Hall–Kier alpha value is -1.40. The molecule has 0 aliphatic carbocycles. The highest BCUT2D eigenvalue weighted by Crippen LogP contribution is 2.25. The van der Waals surface area contributed by atoms with Crippen LogP contribution in [-0.2, 0) is 9.53 Å². The first kappa shape index (κ1) is 18.4. The largest absolute Gasteiger partial charge is 0.373 e. The zero-order chi connectivity index (χ0) is 18.0. The lowest BCUT2D eigenvalue weighted by Gasteiger charge is -2.43. The summed E-state index contributed by atoms with van der Waals surface area (Å²) in [7, 11) is 0. The first-order chi connectivity index (χ1) is 12.0. The summed E-state index contributed by atoms with van der Waals surface area (Å²) < 4.78 is 7.86. The lowest BCUT2D eigenvalue weighted by Crippen LogP contribution is -2.58. The van der Waals surface area contributed by atoms with Crippen molar-refractivity contribution >= 4 is 5.91 Å². The third-order valence-corrected chi connectivity index (χ3v) is 5.33. The monoisotopic (exact) mass is 348 g/mol. The van der Waals surface area contributed by atoms with E-state index in [0.29, 0.717) is 6.04 Å². The molecule has 2 aliphatic rings. The average molecular weight is 348 g/mol. The highest BCUT2D eigenvalue weighted by molar-refractivity contribution is 5.82. The molecule has 2 saturated heterocycles. The van der Waals surface area contributed by atoms with Gasteiger partial charge in [-0.2, -0.15) is 5.10 Å². The van der Waals surface area contributed by atoms with E-state index in [1.807, 2.05) is 23.1 Å². The molecular formula is C19H32N4O2. The van der Waals surface area contributed by atoms with Crippen LogP contribution in [0.2, 0.25) is 0 Å². The molecule has 0 aromatic carbocycles. The molecule has 25 heavy (non-hydrogen) atoms. The lowest BCUT2D eigenvalue weighted by atomic mass is 9.97. The summed E-state index contributed by atoms with van der Waals surface area (Å²) in [6.07, 6.45) is 6.30. The highest BCUT2D eigenvalue weighted by atomic mass is 16.5. The number of rotatable bonds is 4. The van der Waals surface area contributed by atoms with Crippen LogP contribution in [0.5, 0.6) is 0 Å². The van der Waals surface area contributed by atoms with Gasteiger partial charge in [-0.25, -0.2) is 0 Å². The van der Waals surface area contributed by atoms with Crippen LogP contribution in [0.4, 0.5) is 0 Å². The molecule has 1 amide bonds.